The van der Waals surface area contributed by atoms with Crippen molar-refractivity contribution in [1.82, 2.24) is 10.6 Å². The van der Waals surface area contributed by atoms with E-state index in [1.54, 1.807) is 13.3 Å². The predicted octanol–water partition coefficient (Wildman–Crippen LogP) is 0.909. The zero-order valence-electron chi connectivity index (χ0n) is 13.5. The van der Waals surface area contributed by atoms with Gasteiger partial charge in [0, 0.05) is 39.4 Å². The molecule has 1 unspecified atom stereocenters. The van der Waals surface area contributed by atoms with Crippen LogP contribution in [0.1, 0.15) is 18.6 Å². The quantitative estimate of drug-likeness (QED) is 0.619. The second-order valence-corrected chi connectivity index (χ2v) is 5.78. The Morgan fingerprint density at radius 1 is 1.35 bits per heavy atom. The fraction of sp³-hybridized carbons (Fsp3) is 0.688. The van der Waals surface area contributed by atoms with Crippen LogP contribution in [0.15, 0.2) is 27.8 Å². The van der Waals surface area contributed by atoms with Crippen molar-refractivity contribution in [2.75, 3.05) is 40.0 Å². The van der Waals surface area contributed by atoms with E-state index in [2.05, 4.69) is 15.6 Å². The molecule has 1 atom stereocenters. The molecule has 1 aromatic heterocycles. The fourth-order valence-corrected chi connectivity index (χ4v) is 2.85. The minimum Gasteiger partial charge on any atom is -0.469 e. The van der Waals surface area contributed by atoms with Gasteiger partial charge < -0.3 is 29.3 Å². The Labute approximate surface area is 136 Å². The van der Waals surface area contributed by atoms with Crippen molar-refractivity contribution >= 4 is 5.96 Å². The minimum atomic E-state index is -0.430. The van der Waals surface area contributed by atoms with Gasteiger partial charge in [0.05, 0.1) is 26.1 Å². The van der Waals surface area contributed by atoms with E-state index in [9.17, 15) is 0 Å². The summed E-state index contributed by atoms with van der Waals surface area (Å²) in [4.78, 5) is 4.22. The number of hydrogen-bond donors (Lipinski definition) is 2. The third kappa shape index (κ3) is 4.46. The second-order valence-electron chi connectivity index (χ2n) is 5.78. The lowest BCUT2D eigenvalue weighted by molar-refractivity contribution is -0.210. The first-order chi connectivity index (χ1) is 11.3. The van der Waals surface area contributed by atoms with E-state index >= 15 is 0 Å². The third-order valence-electron chi connectivity index (χ3n) is 4.13. The van der Waals surface area contributed by atoms with Crippen LogP contribution in [0.25, 0.3) is 0 Å². The van der Waals surface area contributed by atoms with Gasteiger partial charge >= 0.3 is 0 Å². The molecule has 1 spiro atoms. The summed E-state index contributed by atoms with van der Waals surface area (Å²) in [6, 6.07) is 3.86. The fourth-order valence-electron chi connectivity index (χ4n) is 2.85. The van der Waals surface area contributed by atoms with Crippen LogP contribution in [-0.2, 0) is 20.6 Å². The van der Waals surface area contributed by atoms with E-state index in [1.165, 1.54) is 0 Å². The first-order valence-corrected chi connectivity index (χ1v) is 8.16. The average Bonchev–Trinajstić information content (AvgIpc) is 3.22. The Hall–Kier alpha value is -1.57. The van der Waals surface area contributed by atoms with Gasteiger partial charge in [-0.1, -0.05) is 0 Å². The van der Waals surface area contributed by atoms with Crippen LogP contribution in [0.4, 0.5) is 0 Å². The molecule has 2 fully saturated rings. The Morgan fingerprint density at radius 3 is 2.96 bits per heavy atom. The summed E-state index contributed by atoms with van der Waals surface area (Å²) in [6.07, 6.45) is 4.15. The normalized spacial score (nSPS) is 24.0. The minimum absolute atomic E-state index is 0.0386. The van der Waals surface area contributed by atoms with Gasteiger partial charge in [0.2, 0.25) is 0 Å². The zero-order chi connectivity index (χ0) is 16.0. The van der Waals surface area contributed by atoms with E-state index in [4.69, 9.17) is 18.6 Å². The Bertz CT molecular complexity index is 497. The van der Waals surface area contributed by atoms with Crippen LogP contribution < -0.4 is 10.6 Å². The van der Waals surface area contributed by atoms with E-state index in [-0.39, 0.29) is 6.10 Å². The molecule has 0 bridgehead atoms. The maximum Gasteiger partial charge on any atom is 0.191 e. The first kappa shape index (κ1) is 16.3. The number of nitrogens with zero attached hydrogens (tertiary/aromatic N) is 1. The Morgan fingerprint density at radius 2 is 2.22 bits per heavy atom. The van der Waals surface area contributed by atoms with Crippen LogP contribution >= 0.6 is 0 Å². The van der Waals surface area contributed by atoms with Gasteiger partial charge in [0.15, 0.2) is 11.7 Å². The van der Waals surface area contributed by atoms with E-state index in [0.717, 1.165) is 37.5 Å². The Balaban J connectivity index is 1.37. The van der Waals surface area contributed by atoms with Gasteiger partial charge in [-0.3, -0.25) is 4.99 Å². The molecule has 7 nitrogen and oxygen atoms in total. The van der Waals surface area contributed by atoms with Crippen LogP contribution in [0.3, 0.4) is 0 Å². The molecule has 2 N–H and O–H groups in total. The summed E-state index contributed by atoms with van der Waals surface area (Å²) < 4.78 is 22.6. The smallest absolute Gasteiger partial charge is 0.191 e. The van der Waals surface area contributed by atoms with Crippen molar-refractivity contribution in [3.8, 4) is 0 Å². The highest BCUT2D eigenvalue weighted by atomic mass is 16.7. The molecule has 0 amide bonds. The molecule has 128 valence electrons. The highest BCUT2D eigenvalue weighted by molar-refractivity contribution is 5.79. The van der Waals surface area contributed by atoms with Crippen molar-refractivity contribution in [2.45, 2.75) is 31.2 Å². The molecule has 2 aliphatic heterocycles. The second kappa shape index (κ2) is 7.81. The first-order valence-electron chi connectivity index (χ1n) is 8.16. The topological polar surface area (TPSA) is 77.3 Å². The van der Waals surface area contributed by atoms with Gasteiger partial charge in [0.1, 0.15) is 11.9 Å². The largest absolute Gasteiger partial charge is 0.469 e. The standard InChI is InChI=1S/C16H25N3O4/c1-17-15(18-7-4-13-3-2-8-21-13)19-11-14-12-22-16(23-14)5-9-20-10-6-16/h2-3,8,14H,4-7,9-12H2,1H3,(H2,17,18,19). The number of ether oxygens (including phenoxy) is 3. The Kier molecular flexibility index (Phi) is 5.53. The third-order valence-corrected chi connectivity index (χ3v) is 4.13. The molecule has 2 aliphatic rings. The number of nitrogens with one attached hydrogen (secondary N) is 2. The molecular weight excluding hydrogens is 298 g/mol. The monoisotopic (exact) mass is 323 g/mol. The molecule has 0 aliphatic carbocycles. The summed E-state index contributed by atoms with van der Waals surface area (Å²) in [5, 5.41) is 6.55. The van der Waals surface area contributed by atoms with Gasteiger partial charge in [-0.2, -0.15) is 0 Å². The SMILES string of the molecule is CN=C(NCCc1ccco1)NCC1COC2(CCOCC2)O1. The molecule has 23 heavy (non-hydrogen) atoms. The molecule has 0 saturated carbocycles. The van der Waals surface area contributed by atoms with Crippen molar-refractivity contribution in [2.24, 2.45) is 4.99 Å². The molecule has 0 aromatic carbocycles. The molecule has 7 heteroatoms. The van der Waals surface area contributed by atoms with E-state index in [0.29, 0.717) is 26.4 Å². The number of rotatable bonds is 5. The highest BCUT2D eigenvalue weighted by Crippen LogP contribution is 2.32. The van der Waals surface area contributed by atoms with Gasteiger partial charge in [-0.05, 0) is 12.1 Å². The lowest BCUT2D eigenvalue weighted by Crippen LogP contribution is -2.43. The summed E-state index contributed by atoms with van der Waals surface area (Å²) in [6.45, 7) is 3.45. The van der Waals surface area contributed by atoms with Crippen LogP contribution in [0.5, 0.6) is 0 Å². The molecule has 0 radical (unpaired) electrons. The van der Waals surface area contributed by atoms with Crippen molar-refractivity contribution < 1.29 is 18.6 Å². The molecule has 2 saturated heterocycles. The van der Waals surface area contributed by atoms with Crippen molar-refractivity contribution in [3.05, 3.63) is 24.2 Å². The van der Waals surface area contributed by atoms with E-state index < -0.39 is 5.79 Å². The summed E-state index contributed by atoms with van der Waals surface area (Å²) in [5.74, 6) is 1.29. The van der Waals surface area contributed by atoms with Crippen LogP contribution in [0, 0.1) is 0 Å². The van der Waals surface area contributed by atoms with Gasteiger partial charge in [-0.25, -0.2) is 0 Å². The highest BCUT2D eigenvalue weighted by Gasteiger charge is 2.42. The summed E-state index contributed by atoms with van der Waals surface area (Å²) in [5.41, 5.74) is 0. The molecule has 3 heterocycles. The van der Waals surface area contributed by atoms with Gasteiger partial charge in [-0.15, -0.1) is 0 Å². The molecule has 3 rings (SSSR count). The predicted molar refractivity (Wildman–Crippen MR) is 85.4 cm³/mol. The maximum atomic E-state index is 6.09. The van der Waals surface area contributed by atoms with Crippen LogP contribution in [0.2, 0.25) is 0 Å². The number of hydrogen-bond acceptors (Lipinski definition) is 5. The number of guanidine groups is 1. The lowest BCUT2D eigenvalue weighted by Gasteiger charge is -2.31. The molecule has 1 aromatic rings. The van der Waals surface area contributed by atoms with Crippen LogP contribution in [-0.4, -0.2) is 57.8 Å². The average molecular weight is 323 g/mol. The van der Waals surface area contributed by atoms with E-state index in [1.807, 2.05) is 12.1 Å². The van der Waals surface area contributed by atoms with Gasteiger partial charge in [0.25, 0.3) is 0 Å². The number of furan rings is 1. The lowest BCUT2D eigenvalue weighted by atomic mass is 10.1. The maximum absolute atomic E-state index is 6.09. The molecular formula is C16H25N3O4. The zero-order valence-corrected chi connectivity index (χ0v) is 13.5. The number of aliphatic imine (C=N–C) groups is 1. The van der Waals surface area contributed by atoms with Crippen molar-refractivity contribution in [1.29, 1.82) is 0 Å². The summed E-state index contributed by atoms with van der Waals surface area (Å²) in [7, 11) is 1.76. The summed E-state index contributed by atoms with van der Waals surface area (Å²) >= 11 is 0. The van der Waals surface area contributed by atoms with Crippen molar-refractivity contribution in [3.63, 3.8) is 0 Å².